The Morgan fingerprint density at radius 1 is 1.35 bits per heavy atom. The van der Waals surface area contributed by atoms with Crippen molar-refractivity contribution in [2.75, 3.05) is 12.4 Å². The quantitative estimate of drug-likeness (QED) is 0.820. The SMILES string of the molecule is CCCn1ccc(CNc2cccc(C(=O)OC)c2)c1. The average Bonchev–Trinajstić information content (AvgIpc) is 2.93. The predicted molar refractivity (Wildman–Crippen MR) is 79.8 cm³/mol. The number of hydrogen-bond acceptors (Lipinski definition) is 3. The lowest BCUT2D eigenvalue weighted by Gasteiger charge is -2.07. The zero-order chi connectivity index (χ0) is 14.4. The lowest BCUT2D eigenvalue weighted by molar-refractivity contribution is 0.0601. The highest BCUT2D eigenvalue weighted by atomic mass is 16.5. The minimum Gasteiger partial charge on any atom is -0.465 e. The number of nitrogens with one attached hydrogen (secondary N) is 1. The highest BCUT2D eigenvalue weighted by Crippen LogP contribution is 2.13. The molecule has 0 radical (unpaired) electrons. The van der Waals surface area contributed by atoms with Crippen molar-refractivity contribution in [1.29, 1.82) is 0 Å². The first-order valence-electron chi connectivity index (χ1n) is 6.80. The number of anilines is 1. The fraction of sp³-hybridized carbons (Fsp3) is 0.312. The number of esters is 1. The Labute approximate surface area is 119 Å². The largest absolute Gasteiger partial charge is 0.465 e. The molecule has 0 bridgehead atoms. The molecule has 106 valence electrons. The van der Waals surface area contributed by atoms with Gasteiger partial charge in [0.25, 0.3) is 0 Å². The molecule has 0 aliphatic carbocycles. The summed E-state index contributed by atoms with van der Waals surface area (Å²) in [4.78, 5) is 11.5. The number of aryl methyl sites for hydroxylation is 1. The maximum absolute atomic E-state index is 11.5. The summed E-state index contributed by atoms with van der Waals surface area (Å²) in [7, 11) is 1.39. The molecule has 1 N–H and O–H groups in total. The summed E-state index contributed by atoms with van der Waals surface area (Å²) >= 11 is 0. The summed E-state index contributed by atoms with van der Waals surface area (Å²) in [5.74, 6) is -0.317. The highest BCUT2D eigenvalue weighted by molar-refractivity contribution is 5.90. The third-order valence-electron chi connectivity index (χ3n) is 3.07. The van der Waals surface area contributed by atoms with Crippen LogP contribution in [-0.2, 0) is 17.8 Å². The smallest absolute Gasteiger partial charge is 0.337 e. The second kappa shape index (κ2) is 6.80. The van der Waals surface area contributed by atoms with Crippen LogP contribution in [0.3, 0.4) is 0 Å². The molecule has 4 heteroatoms. The summed E-state index contributed by atoms with van der Waals surface area (Å²) in [6.45, 7) is 3.94. The molecule has 0 amide bonds. The normalized spacial score (nSPS) is 10.3. The van der Waals surface area contributed by atoms with Crippen LogP contribution < -0.4 is 5.32 Å². The molecule has 4 nitrogen and oxygen atoms in total. The van der Waals surface area contributed by atoms with E-state index in [4.69, 9.17) is 4.74 Å². The second-order valence-corrected chi connectivity index (χ2v) is 4.68. The van der Waals surface area contributed by atoms with E-state index in [0.29, 0.717) is 5.56 Å². The monoisotopic (exact) mass is 272 g/mol. The van der Waals surface area contributed by atoms with Crippen molar-refractivity contribution in [3.05, 3.63) is 53.9 Å². The fourth-order valence-electron chi connectivity index (χ4n) is 2.07. The van der Waals surface area contributed by atoms with E-state index in [1.54, 1.807) is 12.1 Å². The van der Waals surface area contributed by atoms with Crippen molar-refractivity contribution in [2.24, 2.45) is 0 Å². The molecule has 1 heterocycles. The first-order chi connectivity index (χ1) is 9.72. The summed E-state index contributed by atoms with van der Waals surface area (Å²) < 4.78 is 6.90. The van der Waals surface area contributed by atoms with Gasteiger partial charge in [-0.25, -0.2) is 4.79 Å². The summed E-state index contributed by atoms with van der Waals surface area (Å²) in [6, 6.07) is 9.43. The van der Waals surface area contributed by atoms with Gasteiger partial charge in [-0.2, -0.15) is 0 Å². The number of methoxy groups -OCH3 is 1. The molecule has 2 rings (SSSR count). The van der Waals surface area contributed by atoms with Gasteiger partial charge in [-0.05, 0) is 36.2 Å². The standard InChI is InChI=1S/C16H20N2O2/c1-3-8-18-9-7-13(12-18)11-17-15-6-4-5-14(10-15)16(19)20-2/h4-7,9-10,12,17H,3,8,11H2,1-2H3. The molecule has 0 aliphatic heterocycles. The van der Waals surface area contributed by atoms with Crippen LogP contribution in [-0.4, -0.2) is 17.6 Å². The van der Waals surface area contributed by atoms with Gasteiger partial charge < -0.3 is 14.6 Å². The van der Waals surface area contributed by atoms with Crippen molar-refractivity contribution >= 4 is 11.7 Å². The van der Waals surface area contributed by atoms with Crippen LogP contribution in [0.5, 0.6) is 0 Å². The van der Waals surface area contributed by atoms with E-state index < -0.39 is 0 Å². The number of hydrogen-bond donors (Lipinski definition) is 1. The number of carbonyl (C=O) groups is 1. The number of ether oxygens (including phenoxy) is 1. The lowest BCUT2D eigenvalue weighted by Crippen LogP contribution is -2.03. The van der Waals surface area contributed by atoms with Gasteiger partial charge in [-0.3, -0.25) is 0 Å². The van der Waals surface area contributed by atoms with Gasteiger partial charge in [-0.15, -0.1) is 0 Å². The maximum atomic E-state index is 11.5. The average molecular weight is 272 g/mol. The maximum Gasteiger partial charge on any atom is 0.337 e. The van der Waals surface area contributed by atoms with E-state index in [-0.39, 0.29) is 5.97 Å². The van der Waals surface area contributed by atoms with Gasteiger partial charge in [0.1, 0.15) is 0 Å². The summed E-state index contributed by atoms with van der Waals surface area (Å²) in [5.41, 5.74) is 2.69. The van der Waals surface area contributed by atoms with Gasteiger partial charge in [0.2, 0.25) is 0 Å². The predicted octanol–water partition coefficient (Wildman–Crippen LogP) is 3.30. The zero-order valence-corrected chi connectivity index (χ0v) is 11.9. The molecule has 0 unspecified atom stereocenters. The zero-order valence-electron chi connectivity index (χ0n) is 11.9. The minimum atomic E-state index is -0.317. The Kier molecular flexibility index (Phi) is 4.82. The number of aromatic nitrogens is 1. The number of nitrogens with zero attached hydrogens (tertiary/aromatic N) is 1. The molecule has 0 atom stereocenters. The molecule has 0 saturated heterocycles. The Balaban J connectivity index is 1.97. The lowest BCUT2D eigenvalue weighted by atomic mass is 10.2. The number of benzene rings is 1. The van der Waals surface area contributed by atoms with Crippen LogP contribution in [0, 0.1) is 0 Å². The van der Waals surface area contributed by atoms with Crippen molar-refractivity contribution in [3.63, 3.8) is 0 Å². The van der Waals surface area contributed by atoms with E-state index in [9.17, 15) is 4.79 Å². The minimum absolute atomic E-state index is 0.317. The third kappa shape index (κ3) is 3.63. The second-order valence-electron chi connectivity index (χ2n) is 4.68. The molecule has 20 heavy (non-hydrogen) atoms. The topological polar surface area (TPSA) is 43.3 Å². The fourth-order valence-corrected chi connectivity index (χ4v) is 2.07. The molecule has 0 fully saturated rings. The van der Waals surface area contributed by atoms with Crippen LogP contribution in [0.4, 0.5) is 5.69 Å². The molecule has 0 spiro atoms. The van der Waals surface area contributed by atoms with E-state index in [1.807, 2.05) is 12.1 Å². The van der Waals surface area contributed by atoms with Gasteiger partial charge in [0.05, 0.1) is 12.7 Å². The Morgan fingerprint density at radius 2 is 2.20 bits per heavy atom. The number of rotatable bonds is 6. The van der Waals surface area contributed by atoms with Crippen LogP contribution in [0.1, 0.15) is 29.3 Å². The van der Waals surface area contributed by atoms with Crippen LogP contribution in [0.25, 0.3) is 0 Å². The number of carbonyl (C=O) groups excluding carboxylic acids is 1. The first-order valence-corrected chi connectivity index (χ1v) is 6.80. The van der Waals surface area contributed by atoms with Gasteiger partial charge in [0.15, 0.2) is 0 Å². The Bertz CT molecular complexity index is 575. The van der Waals surface area contributed by atoms with E-state index in [2.05, 4.69) is 35.3 Å². The van der Waals surface area contributed by atoms with Crippen molar-refractivity contribution in [1.82, 2.24) is 4.57 Å². The molecule has 0 saturated carbocycles. The molecule has 2 aromatic rings. The molecular formula is C16H20N2O2. The first kappa shape index (κ1) is 14.2. The van der Waals surface area contributed by atoms with Crippen LogP contribution in [0.15, 0.2) is 42.7 Å². The van der Waals surface area contributed by atoms with Crippen LogP contribution in [0.2, 0.25) is 0 Å². The molecule has 0 aliphatic rings. The molecule has 1 aromatic carbocycles. The molecule has 1 aromatic heterocycles. The van der Waals surface area contributed by atoms with E-state index >= 15 is 0 Å². The highest BCUT2D eigenvalue weighted by Gasteiger charge is 2.05. The Morgan fingerprint density at radius 3 is 2.95 bits per heavy atom. The van der Waals surface area contributed by atoms with Crippen LogP contribution >= 0.6 is 0 Å². The van der Waals surface area contributed by atoms with Crippen molar-refractivity contribution in [2.45, 2.75) is 26.4 Å². The third-order valence-corrected chi connectivity index (χ3v) is 3.07. The Hall–Kier alpha value is -2.23. The van der Waals surface area contributed by atoms with E-state index in [0.717, 1.165) is 25.2 Å². The van der Waals surface area contributed by atoms with Gasteiger partial charge in [-0.1, -0.05) is 13.0 Å². The van der Waals surface area contributed by atoms with E-state index in [1.165, 1.54) is 12.7 Å². The van der Waals surface area contributed by atoms with Crippen molar-refractivity contribution < 1.29 is 9.53 Å². The summed E-state index contributed by atoms with van der Waals surface area (Å²) in [6.07, 6.45) is 5.36. The van der Waals surface area contributed by atoms with Gasteiger partial charge in [0, 0.05) is 31.2 Å². The molecular weight excluding hydrogens is 252 g/mol. The van der Waals surface area contributed by atoms with Crippen molar-refractivity contribution in [3.8, 4) is 0 Å². The summed E-state index contributed by atoms with van der Waals surface area (Å²) in [5, 5.41) is 3.31. The van der Waals surface area contributed by atoms with Gasteiger partial charge >= 0.3 is 5.97 Å².